The summed E-state index contributed by atoms with van der Waals surface area (Å²) in [7, 11) is 0. The highest BCUT2D eigenvalue weighted by molar-refractivity contribution is 5.92. The zero-order chi connectivity index (χ0) is 14.8. The summed E-state index contributed by atoms with van der Waals surface area (Å²) in [5.74, 6) is 2.28. The summed E-state index contributed by atoms with van der Waals surface area (Å²) in [6.07, 6.45) is 12.6. The number of ketones is 1. The topological polar surface area (TPSA) is 37.3 Å². The van der Waals surface area contributed by atoms with Gasteiger partial charge in [0, 0.05) is 12.8 Å². The van der Waals surface area contributed by atoms with Crippen LogP contribution in [0.25, 0.3) is 0 Å². The molecule has 2 heteroatoms. The highest BCUT2D eigenvalue weighted by atomic mass is 16.3. The molecule has 4 aliphatic rings. The zero-order valence-electron chi connectivity index (χ0n) is 13.2. The van der Waals surface area contributed by atoms with Gasteiger partial charge in [-0.25, -0.2) is 0 Å². The van der Waals surface area contributed by atoms with Crippen molar-refractivity contribution in [3.8, 4) is 0 Å². The standard InChI is InChI=1S/C19H26O2/c1-18-9-7-13(20)11-12(18)3-4-14-15-5-6-17(21)19(15,2)10-8-16(14)18/h11,14-17,21H,4-10H2,1-2H3/t14-,15-,16-,17-,18-,19-/m0/s1. The fraction of sp³-hybridized carbons (Fsp3) is 0.789. The summed E-state index contributed by atoms with van der Waals surface area (Å²) >= 11 is 0. The monoisotopic (exact) mass is 286 g/mol. The predicted molar refractivity (Wildman–Crippen MR) is 81.3 cm³/mol. The van der Waals surface area contributed by atoms with Gasteiger partial charge in [0.1, 0.15) is 0 Å². The minimum atomic E-state index is -0.110. The fourth-order valence-electron chi connectivity index (χ4n) is 6.12. The van der Waals surface area contributed by atoms with Gasteiger partial charge in [-0.2, -0.15) is 0 Å². The van der Waals surface area contributed by atoms with Crippen molar-refractivity contribution in [1.82, 2.24) is 0 Å². The average Bonchev–Trinajstić information content (AvgIpc) is 2.76. The number of fused-ring (bicyclic) bond motifs is 5. The summed E-state index contributed by atoms with van der Waals surface area (Å²) in [6, 6.07) is 0. The van der Waals surface area contributed by atoms with Gasteiger partial charge in [-0.1, -0.05) is 19.4 Å². The molecule has 6 atom stereocenters. The Morgan fingerprint density at radius 2 is 2.00 bits per heavy atom. The maximum absolute atomic E-state index is 11.7. The van der Waals surface area contributed by atoms with Gasteiger partial charge in [-0.15, -0.1) is 0 Å². The van der Waals surface area contributed by atoms with Gasteiger partial charge in [0.05, 0.1) is 6.10 Å². The molecule has 2 nitrogen and oxygen atoms in total. The lowest BCUT2D eigenvalue weighted by atomic mass is 9.47. The minimum absolute atomic E-state index is 0.110. The van der Waals surface area contributed by atoms with Gasteiger partial charge in [0.15, 0.2) is 5.78 Å². The summed E-state index contributed by atoms with van der Waals surface area (Å²) in [6.45, 7) is 4.67. The second-order valence-electron chi connectivity index (χ2n) is 8.34. The molecule has 4 rings (SSSR count). The number of carbonyl (C=O) groups is 1. The molecule has 21 heavy (non-hydrogen) atoms. The van der Waals surface area contributed by atoms with Crippen molar-refractivity contribution in [3.05, 3.63) is 18.1 Å². The van der Waals surface area contributed by atoms with Crippen molar-refractivity contribution < 1.29 is 9.90 Å². The van der Waals surface area contributed by atoms with Crippen LogP contribution in [0.1, 0.15) is 58.8 Å². The second kappa shape index (κ2) is 4.44. The zero-order valence-corrected chi connectivity index (χ0v) is 13.2. The van der Waals surface area contributed by atoms with E-state index in [1.54, 1.807) is 0 Å². The number of carbonyl (C=O) groups excluding carboxylic acids is 1. The van der Waals surface area contributed by atoms with Crippen molar-refractivity contribution in [2.24, 2.45) is 28.6 Å². The molecular weight excluding hydrogens is 260 g/mol. The number of aliphatic hydroxyl groups is 1. The number of hydrogen-bond acceptors (Lipinski definition) is 2. The van der Waals surface area contributed by atoms with Gasteiger partial charge >= 0.3 is 0 Å². The number of aliphatic hydroxyl groups excluding tert-OH is 1. The maximum Gasteiger partial charge on any atom is 0.155 e. The molecule has 2 radical (unpaired) electrons. The average molecular weight is 286 g/mol. The third kappa shape index (κ3) is 1.78. The molecule has 0 spiro atoms. The van der Waals surface area contributed by atoms with Gasteiger partial charge < -0.3 is 5.11 Å². The molecule has 0 aromatic heterocycles. The van der Waals surface area contributed by atoms with Gasteiger partial charge in [-0.05, 0) is 73.2 Å². The van der Waals surface area contributed by atoms with Crippen molar-refractivity contribution in [1.29, 1.82) is 0 Å². The second-order valence-corrected chi connectivity index (χ2v) is 8.34. The van der Waals surface area contributed by atoms with E-state index in [0.29, 0.717) is 24.2 Å². The first-order valence-corrected chi connectivity index (χ1v) is 8.62. The minimum Gasteiger partial charge on any atom is -0.393 e. The van der Waals surface area contributed by atoms with Crippen molar-refractivity contribution in [2.45, 2.75) is 64.9 Å². The fourth-order valence-corrected chi connectivity index (χ4v) is 6.12. The number of rotatable bonds is 0. The van der Waals surface area contributed by atoms with E-state index in [4.69, 9.17) is 0 Å². The summed E-state index contributed by atoms with van der Waals surface area (Å²) in [5, 5.41) is 10.4. The van der Waals surface area contributed by atoms with Crippen LogP contribution in [-0.2, 0) is 4.79 Å². The van der Waals surface area contributed by atoms with Crippen molar-refractivity contribution in [3.63, 3.8) is 0 Å². The number of hydrogen-bond donors (Lipinski definition) is 1. The molecule has 0 amide bonds. The molecule has 3 saturated carbocycles. The van der Waals surface area contributed by atoms with E-state index in [1.807, 2.05) is 6.08 Å². The van der Waals surface area contributed by atoms with Crippen LogP contribution in [0.2, 0.25) is 0 Å². The Morgan fingerprint density at radius 3 is 2.81 bits per heavy atom. The SMILES string of the molecule is C[C@]12CC[C@H]3[C@@H](C[C]C4=CC(=O)CC[C@@]43C)[C@@H]1CC[C@@H]2O. The van der Waals surface area contributed by atoms with Crippen LogP contribution >= 0.6 is 0 Å². The van der Waals surface area contributed by atoms with Crippen LogP contribution in [0.5, 0.6) is 0 Å². The van der Waals surface area contributed by atoms with Crippen molar-refractivity contribution in [2.75, 3.05) is 0 Å². The van der Waals surface area contributed by atoms with E-state index in [-0.39, 0.29) is 22.7 Å². The molecule has 0 unspecified atom stereocenters. The molecule has 4 aliphatic carbocycles. The van der Waals surface area contributed by atoms with Gasteiger partial charge in [-0.3, -0.25) is 4.79 Å². The maximum atomic E-state index is 11.7. The third-order valence-electron chi connectivity index (χ3n) is 7.55. The molecule has 3 fully saturated rings. The molecule has 0 saturated heterocycles. The van der Waals surface area contributed by atoms with Crippen LogP contribution in [-0.4, -0.2) is 17.0 Å². The van der Waals surface area contributed by atoms with Crippen LogP contribution < -0.4 is 0 Å². The van der Waals surface area contributed by atoms with Crippen LogP contribution in [0.15, 0.2) is 11.6 Å². The molecule has 1 N–H and O–H groups in total. The lowest BCUT2D eigenvalue weighted by molar-refractivity contribution is -0.117. The normalized spacial score (nSPS) is 52.7. The smallest absolute Gasteiger partial charge is 0.155 e. The molecule has 0 aliphatic heterocycles. The largest absolute Gasteiger partial charge is 0.393 e. The molecule has 0 aromatic carbocycles. The quantitative estimate of drug-likeness (QED) is 0.739. The van der Waals surface area contributed by atoms with E-state index in [1.165, 1.54) is 18.4 Å². The summed E-state index contributed by atoms with van der Waals surface area (Å²) in [4.78, 5) is 11.7. The summed E-state index contributed by atoms with van der Waals surface area (Å²) in [5.41, 5.74) is 1.48. The first kappa shape index (κ1) is 14.0. The van der Waals surface area contributed by atoms with Crippen molar-refractivity contribution >= 4 is 5.78 Å². The Labute approximate surface area is 128 Å². The predicted octanol–water partition coefficient (Wildman–Crippen LogP) is 3.57. The lowest BCUT2D eigenvalue weighted by Crippen LogP contribution is -2.51. The van der Waals surface area contributed by atoms with E-state index in [9.17, 15) is 9.90 Å². The molecule has 0 heterocycles. The Balaban J connectivity index is 1.69. The van der Waals surface area contributed by atoms with Crippen LogP contribution in [0, 0.1) is 35.0 Å². The molecular formula is C19H26O2. The third-order valence-corrected chi connectivity index (χ3v) is 7.55. The van der Waals surface area contributed by atoms with E-state index < -0.39 is 0 Å². The Morgan fingerprint density at radius 1 is 1.19 bits per heavy atom. The molecule has 114 valence electrons. The number of allylic oxidation sites excluding steroid dienone is 1. The van der Waals surface area contributed by atoms with Crippen LogP contribution in [0.4, 0.5) is 0 Å². The lowest BCUT2D eigenvalue weighted by Gasteiger charge is -2.57. The van der Waals surface area contributed by atoms with E-state index in [2.05, 4.69) is 20.3 Å². The Kier molecular flexibility index (Phi) is 2.96. The van der Waals surface area contributed by atoms with Crippen LogP contribution in [0.3, 0.4) is 0 Å². The Hall–Kier alpha value is -0.630. The Bertz CT molecular complexity index is 508. The first-order valence-electron chi connectivity index (χ1n) is 8.62. The van der Waals surface area contributed by atoms with E-state index in [0.717, 1.165) is 25.7 Å². The molecule has 0 aromatic rings. The molecule has 0 bridgehead atoms. The van der Waals surface area contributed by atoms with Gasteiger partial charge in [0.2, 0.25) is 0 Å². The highest BCUT2D eigenvalue weighted by Gasteiger charge is 2.58. The summed E-state index contributed by atoms with van der Waals surface area (Å²) < 4.78 is 0. The van der Waals surface area contributed by atoms with Gasteiger partial charge in [0.25, 0.3) is 0 Å². The van der Waals surface area contributed by atoms with E-state index >= 15 is 0 Å². The highest BCUT2D eigenvalue weighted by Crippen LogP contribution is 2.64. The first-order chi connectivity index (χ1) is 9.95.